The molecule has 2 amide bonds. The summed E-state index contributed by atoms with van der Waals surface area (Å²) in [6.45, 7) is 7.54. The van der Waals surface area contributed by atoms with Crippen molar-refractivity contribution in [1.29, 1.82) is 0 Å². The van der Waals surface area contributed by atoms with Crippen molar-refractivity contribution < 1.29 is 14.0 Å². The molecule has 7 heteroatoms. The highest BCUT2D eigenvalue weighted by Gasteiger charge is 2.33. The standard InChI is InChI=1S/C20H30FN3O2.ClH/c1-14(2)11-20(3,13-22)23-18(25)16-5-4-10-24(12-16)19(26)15-6-8-17(21)9-7-15;/h6-9,14,16H,4-5,10-13,22H2,1-3H3,(H,23,25);1H. The topological polar surface area (TPSA) is 75.4 Å². The Kier molecular flexibility index (Phi) is 8.69. The third-order valence-electron chi connectivity index (χ3n) is 4.90. The van der Waals surface area contributed by atoms with Crippen molar-refractivity contribution in [2.75, 3.05) is 19.6 Å². The average Bonchev–Trinajstić information content (AvgIpc) is 2.61. The second kappa shape index (κ2) is 10.0. The molecule has 2 unspecified atom stereocenters. The van der Waals surface area contributed by atoms with Crippen LogP contribution in [0, 0.1) is 17.7 Å². The van der Waals surface area contributed by atoms with Crippen LogP contribution in [0.3, 0.4) is 0 Å². The van der Waals surface area contributed by atoms with Gasteiger partial charge in [0.15, 0.2) is 0 Å². The Hall–Kier alpha value is -1.66. The quantitative estimate of drug-likeness (QED) is 0.772. The van der Waals surface area contributed by atoms with E-state index in [0.29, 0.717) is 31.1 Å². The average molecular weight is 400 g/mol. The van der Waals surface area contributed by atoms with Gasteiger partial charge in [-0.15, -0.1) is 12.4 Å². The molecular formula is C20H31ClFN3O2. The van der Waals surface area contributed by atoms with Gasteiger partial charge < -0.3 is 16.0 Å². The third-order valence-corrected chi connectivity index (χ3v) is 4.90. The van der Waals surface area contributed by atoms with Crippen molar-refractivity contribution in [3.05, 3.63) is 35.6 Å². The summed E-state index contributed by atoms with van der Waals surface area (Å²) in [7, 11) is 0. The molecular weight excluding hydrogens is 369 g/mol. The molecule has 5 nitrogen and oxygen atoms in total. The van der Waals surface area contributed by atoms with E-state index in [0.717, 1.165) is 19.3 Å². The highest BCUT2D eigenvalue weighted by Crippen LogP contribution is 2.22. The van der Waals surface area contributed by atoms with E-state index in [2.05, 4.69) is 19.2 Å². The first-order valence-electron chi connectivity index (χ1n) is 9.31. The van der Waals surface area contributed by atoms with Crippen LogP contribution in [-0.2, 0) is 4.79 Å². The Bertz CT molecular complexity index is 639. The normalized spacial score (nSPS) is 19.2. The first-order chi connectivity index (χ1) is 12.2. The summed E-state index contributed by atoms with van der Waals surface area (Å²) in [6.07, 6.45) is 2.33. The first-order valence-corrected chi connectivity index (χ1v) is 9.31. The molecule has 1 heterocycles. The molecule has 1 aliphatic heterocycles. The molecule has 2 atom stereocenters. The lowest BCUT2D eigenvalue weighted by molar-refractivity contribution is -0.128. The maximum absolute atomic E-state index is 13.1. The number of nitrogens with two attached hydrogens (primary N) is 1. The van der Waals surface area contributed by atoms with Crippen LogP contribution >= 0.6 is 12.4 Å². The number of hydrogen-bond donors (Lipinski definition) is 2. The fraction of sp³-hybridized carbons (Fsp3) is 0.600. The van der Waals surface area contributed by atoms with Crippen LogP contribution in [0.4, 0.5) is 4.39 Å². The minimum absolute atomic E-state index is 0. The Morgan fingerprint density at radius 2 is 1.96 bits per heavy atom. The molecule has 152 valence electrons. The number of benzene rings is 1. The van der Waals surface area contributed by atoms with Gasteiger partial charge in [-0.3, -0.25) is 9.59 Å². The van der Waals surface area contributed by atoms with Crippen molar-refractivity contribution in [3.63, 3.8) is 0 Å². The Labute approximate surface area is 167 Å². The van der Waals surface area contributed by atoms with E-state index in [4.69, 9.17) is 5.73 Å². The van der Waals surface area contributed by atoms with E-state index in [1.807, 2.05) is 6.92 Å². The lowest BCUT2D eigenvalue weighted by Gasteiger charge is -2.36. The molecule has 1 saturated heterocycles. The minimum atomic E-state index is -0.436. The number of hydrogen-bond acceptors (Lipinski definition) is 3. The molecule has 0 spiro atoms. The Morgan fingerprint density at radius 1 is 1.33 bits per heavy atom. The second-order valence-corrected chi connectivity index (χ2v) is 7.95. The van der Waals surface area contributed by atoms with Crippen LogP contribution in [0.15, 0.2) is 24.3 Å². The van der Waals surface area contributed by atoms with E-state index in [9.17, 15) is 14.0 Å². The molecule has 0 aromatic heterocycles. The van der Waals surface area contributed by atoms with Crippen LogP contribution in [-0.4, -0.2) is 41.9 Å². The molecule has 1 aromatic carbocycles. The predicted octanol–water partition coefficient (Wildman–Crippen LogP) is 2.98. The zero-order chi connectivity index (χ0) is 19.3. The molecule has 0 saturated carbocycles. The van der Waals surface area contributed by atoms with Crippen molar-refractivity contribution >= 4 is 24.2 Å². The summed E-state index contributed by atoms with van der Waals surface area (Å²) in [5.41, 5.74) is 5.89. The highest BCUT2D eigenvalue weighted by atomic mass is 35.5. The fourth-order valence-electron chi connectivity index (χ4n) is 3.64. The summed E-state index contributed by atoms with van der Waals surface area (Å²) >= 11 is 0. The molecule has 3 N–H and O–H groups in total. The Morgan fingerprint density at radius 3 is 2.52 bits per heavy atom. The first kappa shape index (κ1) is 23.4. The van der Waals surface area contributed by atoms with Gasteiger partial charge >= 0.3 is 0 Å². The van der Waals surface area contributed by atoms with Gasteiger partial charge in [-0.05, 0) is 56.4 Å². The summed E-state index contributed by atoms with van der Waals surface area (Å²) in [5, 5.41) is 3.10. The van der Waals surface area contributed by atoms with E-state index in [1.54, 1.807) is 4.90 Å². The summed E-state index contributed by atoms with van der Waals surface area (Å²) in [6, 6.07) is 5.52. The summed E-state index contributed by atoms with van der Waals surface area (Å²) in [4.78, 5) is 27.1. The summed E-state index contributed by atoms with van der Waals surface area (Å²) < 4.78 is 13.1. The van der Waals surface area contributed by atoms with Crippen LogP contribution in [0.2, 0.25) is 0 Å². The van der Waals surface area contributed by atoms with Gasteiger partial charge in [0, 0.05) is 30.7 Å². The molecule has 1 fully saturated rings. The van der Waals surface area contributed by atoms with Crippen molar-refractivity contribution in [1.82, 2.24) is 10.2 Å². The zero-order valence-corrected chi connectivity index (χ0v) is 17.2. The molecule has 2 rings (SSSR count). The third kappa shape index (κ3) is 6.47. The Balaban J connectivity index is 0.00000364. The van der Waals surface area contributed by atoms with Gasteiger partial charge in [0.1, 0.15) is 5.82 Å². The van der Waals surface area contributed by atoms with Gasteiger partial charge in [0.25, 0.3) is 5.91 Å². The number of rotatable bonds is 6. The van der Waals surface area contributed by atoms with Crippen LogP contribution in [0.25, 0.3) is 0 Å². The molecule has 1 aliphatic rings. The molecule has 1 aromatic rings. The smallest absolute Gasteiger partial charge is 0.253 e. The van der Waals surface area contributed by atoms with E-state index < -0.39 is 5.54 Å². The number of carbonyl (C=O) groups is 2. The van der Waals surface area contributed by atoms with Crippen molar-refractivity contribution in [2.24, 2.45) is 17.6 Å². The number of piperidine rings is 1. The van der Waals surface area contributed by atoms with Crippen molar-refractivity contribution in [3.8, 4) is 0 Å². The SMILES string of the molecule is CC(C)CC(C)(CN)NC(=O)C1CCCN(C(=O)c2ccc(F)cc2)C1.Cl. The molecule has 0 aliphatic carbocycles. The minimum Gasteiger partial charge on any atom is -0.349 e. The van der Waals surface area contributed by atoms with Gasteiger partial charge in [-0.25, -0.2) is 4.39 Å². The van der Waals surface area contributed by atoms with Gasteiger partial charge in [0.2, 0.25) is 5.91 Å². The highest BCUT2D eigenvalue weighted by molar-refractivity contribution is 5.94. The van der Waals surface area contributed by atoms with Gasteiger partial charge in [0.05, 0.1) is 5.92 Å². The largest absolute Gasteiger partial charge is 0.349 e. The lowest BCUT2D eigenvalue weighted by atomic mass is 9.89. The molecule has 0 bridgehead atoms. The number of nitrogens with one attached hydrogen (secondary N) is 1. The fourth-order valence-corrected chi connectivity index (χ4v) is 3.64. The number of nitrogens with zero attached hydrogens (tertiary/aromatic N) is 1. The maximum atomic E-state index is 13.1. The van der Waals surface area contributed by atoms with Crippen LogP contribution in [0.5, 0.6) is 0 Å². The van der Waals surface area contributed by atoms with Crippen LogP contribution < -0.4 is 11.1 Å². The van der Waals surface area contributed by atoms with E-state index >= 15 is 0 Å². The van der Waals surface area contributed by atoms with E-state index in [-0.39, 0.29) is 36.0 Å². The van der Waals surface area contributed by atoms with Crippen molar-refractivity contribution in [2.45, 2.75) is 45.6 Å². The monoisotopic (exact) mass is 399 g/mol. The number of halogens is 2. The van der Waals surface area contributed by atoms with Gasteiger partial charge in [-0.1, -0.05) is 13.8 Å². The molecule has 0 radical (unpaired) electrons. The zero-order valence-electron chi connectivity index (χ0n) is 16.3. The predicted molar refractivity (Wildman–Crippen MR) is 107 cm³/mol. The summed E-state index contributed by atoms with van der Waals surface area (Å²) in [5.74, 6) is -0.400. The number of carbonyl (C=O) groups excluding carboxylic acids is 2. The number of amides is 2. The second-order valence-electron chi connectivity index (χ2n) is 7.95. The maximum Gasteiger partial charge on any atom is 0.253 e. The molecule has 27 heavy (non-hydrogen) atoms. The number of likely N-dealkylation sites (tertiary alicyclic amines) is 1. The van der Waals surface area contributed by atoms with E-state index in [1.165, 1.54) is 24.3 Å². The van der Waals surface area contributed by atoms with Gasteiger partial charge in [-0.2, -0.15) is 0 Å². The van der Waals surface area contributed by atoms with Crippen LogP contribution in [0.1, 0.15) is 50.4 Å². The lowest BCUT2D eigenvalue weighted by Crippen LogP contribution is -2.55.